The van der Waals surface area contributed by atoms with Crippen molar-refractivity contribution in [2.75, 3.05) is 30.4 Å². The summed E-state index contributed by atoms with van der Waals surface area (Å²) in [4.78, 5) is 2.38. The highest BCUT2D eigenvalue weighted by molar-refractivity contribution is 5.71. The van der Waals surface area contributed by atoms with E-state index in [9.17, 15) is 10.3 Å². The second-order valence-corrected chi connectivity index (χ2v) is 8.80. The zero-order valence-electron chi connectivity index (χ0n) is 15.3. The smallest absolute Gasteiger partial charge is 0.105 e. The van der Waals surface area contributed by atoms with Crippen LogP contribution in [0.4, 0.5) is 11.4 Å². The maximum atomic E-state index is 13.6. The number of quaternary nitrogens is 1. The van der Waals surface area contributed by atoms with Crippen molar-refractivity contribution >= 4 is 11.4 Å². The predicted octanol–water partition coefficient (Wildman–Crippen LogP) is 2.13. The molecule has 3 N–H and O–H groups in total. The monoisotopic (exact) mass is 359 g/mol. The molecule has 1 aromatic carbocycles. The van der Waals surface area contributed by atoms with E-state index in [1.54, 1.807) is 0 Å². The van der Waals surface area contributed by atoms with E-state index < -0.39 is 0 Å². The predicted molar refractivity (Wildman–Crippen MR) is 100 cm³/mol. The van der Waals surface area contributed by atoms with Crippen LogP contribution in [-0.2, 0) is 17.8 Å². The summed E-state index contributed by atoms with van der Waals surface area (Å²) < 4.78 is 5.58. The van der Waals surface area contributed by atoms with Crippen molar-refractivity contribution in [2.24, 2.45) is 5.92 Å². The molecule has 1 saturated carbocycles. The Morgan fingerprint density at radius 1 is 1.19 bits per heavy atom. The minimum Gasteiger partial charge on any atom is -0.632 e. The van der Waals surface area contributed by atoms with Crippen LogP contribution in [0.2, 0.25) is 0 Å². The van der Waals surface area contributed by atoms with E-state index in [2.05, 4.69) is 17.0 Å². The molecule has 6 nitrogen and oxygen atoms in total. The lowest BCUT2D eigenvalue weighted by Crippen LogP contribution is -2.48. The Bertz CT molecular complexity index is 704. The zero-order chi connectivity index (χ0) is 17.9. The van der Waals surface area contributed by atoms with Crippen LogP contribution in [0.1, 0.15) is 43.2 Å². The van der Waals surface area contributed by atoms with E-state index in [0.29, 0.717) is 31.2 Å². The third kappa shape index (κ3) is 2.62. The molecule has 0 radical (unpaired) electrons. The lowest BCUT2D eigenvalue weighted by atomic mass is 9.85. The summed E-state index contributed by atoms with van der Waals surface area (Å²) in [5.74, 6) is 0.387. The van der Waals surface area contributed by atoms with E-state index in [4.69, 9.17) is 10.5 Å². The molecule has 0 spiro atoms. The van der Waals surface area contributed by atoms with Crippen molar-refractivity contribution in [1.82, 2.24) is 0 Å². The van der Waals surface area contributed by atoms with E-state index in [1.807, 2.05) is 0 Å². The van der Waals surface area contributed by atoms with E-state index in [1.165, 1.54) is 5.56 Å². The molecule has 4 aliphatic rings. The Hall–Kier alpha value is -1.34. The van der Waals surface area contributed by atoms with E-state index >= 15 is 0 Å². The standard InChI is InChI=1S/C20H29N3O3/c21-19-5-14-9-23(25,17-3-1-13(11-24)2-4-17)10-15(14)6-20(19)22-8-18-7-16(22)12-26-18/h5-6,13,16-18,24H,1-4,7-12,21H2/t13?,16-,17?,18-,23?/m1/s1. The first-order valence-electron chi connectivity index (χ1n) is 10.0. The number of nitrogen functional groups attached to an aromatic ring is 1. The Morgan fingerprint density at radius 2 is 1.92 bits per heavy atom. The van der Waals surface area contributed by atoms with Gasteiger partial charge >= 0.3 is 0 Å². The molecule has 1 aromatic rings. The molecule has 142 valence electrons. The van der Waals surface area contributed by atoms with Crippen LogP contribution in [0.25, 0.3) is 0 Å². The minimum absolute atomic E-state index is 0.133. The number of morpholine rings is 1. The van der Waals surface area contributed by atoms with Crippen LogP contribution in [0, 0.1) is 11.1 Å². The summed E-state index contributed by atoms with van der Waals surface area (Å²) in [6.45, 7) is 3.07. The molecule has 2 saturated heterocycles. The second-order valence-electron chi connectivity index (χ2n) is 8.80. The lowest BCUT2D eigenvalue weighted by Gasteiger charge is -2.48. The van der Waals surface area contributed by atoms with Crippen molar-refractivity contribution in [3.63, 3.8) is 0 Å². The molecule has 6 heteroatoms. The first-order chi connectivity index (χ1) is 12.6. The van der Waals surface area contributed by atoms with Gasteiger partial charge in [0.15, 0.2) is 0 Å². The molecular weight excluding hydrogens is 330 g/mol. The van der Waals surface area contributed by atoms with Crippen molar-refractivity contribution in [3.8, 4) is 0 Å². The number of nitrogens with zero attached hydrogens (tertiary/aromatic N) is 2. The fourth-order valence-electron chi connectivity index (χ4n) is 5.62. The van der Waals surface area contributed by atoms with E-state index in [0.717, 1.165) is 62.2 Å². The number of benzene rings is 1. The van der Waals surface area contributed by atoms with Gasteiger partial charge in [-0.1, -0.05) is 0 Å². The van der Waals surface area contributed by atoms with Gasteiger partial charge in [-0.05, 0) is 37.3 Å². The largest absolute Gasteiger partial charge is 0.632 e. The van der Waals surface area contributed by atoms with Gasteiger partial charge in [0.25, 0.3) is 0 Å². The molecule has 0 aromatic heterocycles. The number of ether oxygens (including phenoxy) is 1. The molecule has 2 bridgehead atoms. The third-order valence-corrected chi connectivity index (χ3v) is 7.17. The van der Waals surface area contributed by atoms with Gasteiger partial charge in [0.2, 0.25) is 0 Å². The van der Waals surface area contributed by atoms with Crippen molar-refractivity contribution in [2.45, 2.75) is 63.4 Å². The number of aliphatic hydroxyl groups is 1. The maximum absolute atomic E-state index is 13.6. The Balaban J connectivity index is 1.36. The van der Waals surface area contributed by atoms with Gasteiger partial charge in [-0.3, -0.25) is 0 Å². The van der Waals surface area contributed by atoms with Gasteiger partial charge in [-0.2, -0.15) is 0 Å². The van der Waals surface area contributed by atoms with Gasteiger partial charge in [-0.25, -0.2) is 0 Å². The van der Waals surface area contributed by atoms with Gasteiger partial charge < -0.3 is 30.3 Å². The molecule has 1 unspecified atom stereocenters. The summed E-state index contributed by atoms with van der Waals surface area (Å²) in [7, 11) is 0. The number of anilines is 2. The summed E-state index contributed by atoms with van der Waals surface area (Å²) in [5.41, 5.74) is 10.6. The minimum atomic E-state index is -0.133. The van der Waals surface area contributed by atoms with Crippen molar-refractivity contribution < 1.29 is 14.5 Å². The van der Waals surface area contributed by atoms with Gasteiger partial charge in [-0.15, -0.1) is 0 Å². The number of hydrogen-bond acceptors (Lipinski definition) is 5. The van der Waals surface area contributed by atoms with Crippen LogP contribution in [-0.4, -0.2) is 47.7 Å². The summed E-state index contributed by atoms with van der Waals surface area (Å²) in [6, 6.07) is 4.82. The highest BCUT2D eigenvalue weighted by Gasteiger charge is 2.42. The number of rotatable bonds is 3. The van der Waals surface area contributed by atoms with Crippen LogP contribution >= 0.6 is 0 Å². The van der Waals surface area contributed by atoms with Crippen molar-refractivity contribution in [1.29, 1.82) is 0 Å². The first-order valence-corrected chi connectivity index (χ1v) is 10.0. The molecule has 5 rings (SSSR count). The molecule has 26 heavy (non-hydrogen) atoms. The fraction of sp³-hybridized carbons (Fsp3) is 0.700. The van der Waals surface area contributed by atoms with Crippen LogP contribution in [0.5, 0.6) is 0 Å². The lowest BCUT2D eigenvalue weighted by molar-refractivity contribution is -0.926. The second kappa shape index (κ2) is 6.09. The van der Waals surface area contributed by atoms with Crippen LogP contribution in [0.3, 0.4) is 0 Å². The van der Waals surface area contributed by atoms with Crippen molar-refractivity contribution in [3.05, 3.63) is 28.5 Å². The third-order valence-electron chi connectivity index (χ3n) is 7.17. The molecule has 3 atom stereocenters. The average molecular weight is 359 g/mol. The molecular formula is C20H29N3O3. The maximum Gasteiger partial charge on any atom is 0.105 e. The highest BCUT2D eigenvalue weighted by Crippen LogP contribution is 2.43. The normalized spacial score (nSPS) is 38.8. The molecule has 3 fully saturated rings. The molecule has 1 aliphatic carbocycles. The number of aliphatic hydroxyl groups excluding tert-OH is 1. The summed E-state index contributed by atoms with van der Waals surface area (Å²) in [5, 5.41) is 22.9. The number of hydrogen-bond donors (Lipinski definition) is 2. The Morgan fingerprint density at radius 3 is 2.54 bits per heavy atom. The summed E-state index contributed by atoms with van der Waals surface area (Å²) >= 11 is 0. The average Bonchev–Trinajstić information content (AvgIpc) is 3.35. The van der Waals surface area contributed by atoms with E-state index in [-0.39, 0.29) is 17.3 Å². The SMILES string of the molecule is Nc1cc2c(cc1N1C[C@H]3C[C@@H]1CO3)C[N+]([O-])(C1CCC(CO)CC1)C2. The topological polar surface area (TPSA) is 81.8 Å². The van der Waals surface area contributed by atoms with Gasteiger partial charge in [0.05, 0.1) is 36.2 Å². The Labute approximate surface area is 154 Å². The molecule has 3 heterocycles. The number of nitrogens with two attached hydrogens (primary N) is 1. The first kappa shape index (κ1) is 16.8. The van der Waals surface area contributed by atoms with Gasteiger partial charge in [0, 0.05) is 37.1 Å². The van der Waals surface area contributed by atoms with Crippen LogP contribution in [0.15, 0.2) is 12.1 Å². The van der Waals surface area contributed by atoms with Crippen LogP contribution < -0.4 is 10.6 Å². The Kier molecular flexibility index (Phi) is 3.94. The number of fused-ring (bicyclic) bond motifs is 3. The fourth-order valence-corrected chi connectivity index (χ4v) is 5.62. The number of hydroxylamine groups is 3. The quantitative estimate of drug-likeness (QED) is 0.491. The van der Waals surface area contributed by atoms with Gasteiger partial charge in [0.1, 0.15) is 13.1 Å². The highest BCUT2D eigenvalue weighted by atomic mass is 16.5. The summed E-state index contributed by atoms with van der Waals surface area (Å²) in [6.07, 6.45) is 5.24. The molecule has 3 aliphatic heterocycles. The molecule has 0 amide bonds. The zero-order valence-corrected chi connectivity index (χ0v) is 15.3.